The number of hydrogen-bond donors (Lipinski definition) is 0. The van der Waals surface area contributed by atoms with Crippen LogP contribution in [-0.2, 0) is 18.8 Å². The van der Waals surface area contributed by atoms with E-state index in [9.17, 15) is 4.79 Å². The number of hydrogen-bond acceptors (Lipinski definition) is 4. The van der Waals surface area contributed by atoms with Gasteiger partial charge in [-0.05, 0) is 48.5 Å². The number of ether oxygens (including phenoxy) is 1. The molecule has 0 aliphatic carbocycles. The van der Waals surface area contributed by atoms with Crippen LogP contribution in [0.15, 0.2) is 0 Å². The Bertz CT molecular complexity index is 333. The Hall–Kier alpha value is 0.185. The molecule has 110 valence electrons. The van der Waals surface area contributed by atoms with Gasteiger partial charge in [0.2, 0.25) is 0 Å². The summed E-state index contributed by atoms with van der Waals surface area (Å²) in [6.45, 7) is 13.6. The zero-order chi connectivity index (χ0) is 15.1. The summed E-state index contributed by atoms with van der Waals surface area (Å²) >= 11 is 2.19. The predicted molar refractivity (Wildman–Crippen MR) is 84.4 cm³/mol. The Morgan fingerprint density at radius 3 is 2.00 bits per heavy atom. The first-order chi connectivity index (χ1) is 8.34. The van der Waals surface area contributed by atoms with Crippen molar-refractivity contribution >= 4 is 35.7 Å². The van der Waals surface area contributed by atoms with Gasteiger partial charge in [0.15, 0.2) is 0 Å². The number of carbonyl (C=O) groups excluding carboxylic acids is 1. The first-order valence-electron chi connectivity index (χ1n) is 6.56. The predicted octanol–water partition coefficient (Wildman–Crippen LogP) is 3.15. The first-order valence-corrected chi connectivity index (χ1v) is 7.80. The van der Waals surface area contributed by atoms with Crippen LogP contribution in [0.4, 0.5) is 0 Å². The van der Waals surface area contributed by atoms with Crippen LogP contribution in [0.25, 0.3) is 0 Å². The SMILES string of the molecule is CC(C)(C)OC(=O)CC(I)B1OC(C)(C)C(C)(C)O1. The normalized spacial score (nSPS) is 23.3. The maximum atomic E-state index is 11.8. The van der Waals surface area contributed by atoms with E-state index in [1.165, 1.54) is 0 Å². The zero-order valence-electron chi connectivity index (χ0n) is 12.9. The molecule has 1 unspecified atom stereocenters. The minimum Gasteiger partial charge on any atom is -0.460 e. The van der Waals surface area contributed by atoms with Crippen molar-refractivity contribution in [1.29, 1.82) is 0 Å². The quantitative estimate of drug-likeness (QED) is 0.326. The number of halogens is 1. The Morgan fingerprint density at radius 1 is 1.21 bits per heavy atom. The monoisotopic (exact) mass is 382 g/mol. The van der Waals surface area contributed by atoms with E-state index >= 15 is 0 Å². The summed E-state index contributed by atoms with van der Waals surface area (Å²) < 4.78 is 17.1. The third-order valence-corrected chi connectivity index (χ3v) is 4.38. The minimum absolute atomic E-state index is 0.0616. The molecule has 0 N–H and O–H groups in total. The van der Waals surface area contributed by atoms with Gasteiger partial charge in [-0.1, -0.05) is 22.6 Å². The molecule has 0 radical (unpaired) electrons. The second-order valence-corrected chi connectivity index (χ2v) is 8.53. The summed E-state index contributed by atoms with van der Waals surface area (Å²) in [5.74, 6) is -0.221. The van der Waals surface area contributed by atoms with E-state index in [4.69, 9.17) is 14.0 Å². The van der Waals surface area contributed by atoms with Gasteiger partial charge in [0.05, 0.1) is 21.4 Å². The van der Waals surface area contributed by atoms with Gasteiger partial charge in [-0.2, -0.15) is 0 Å². The lowest BCUT2D eigenvalue weighted by molar-refractivity contribution is -0.154. The highest BCUT2D eigenvalue weighted by Gasteiger charge is 2.53. The topological polar surface area (TPSA) is 44.8 Å². The molecule has 4 nitrogen and oxygen atoms in total. The van der Waals surface area contributed by atoms with Crippen molar-refractivity contribution in [3.05, 3.63) is 0 Å². The lowest BCUT2D eigenvalue weighted by Gasteiger charge is -2.32. The molecule has 1 fully saturated rings. The van der Waals surface area contributed by atoms with Crippen molar-refractivity contribution < 1.29 is 18.8 Å². The van der Waals surface area contributed by atoms with Crippen LogP contribution >= 0.6 is 22.6 Å². The Balaban J connectivity index is 2.57. The van der Waals surface area contributed by atoms with Gasteiger partial charge in [-0.25, -0.2) is 0 Å². The van der Waals surface area contributed by atoms with E-state index in [0.717, 1.165) is 0 Å². The van der Waals surface area contributed by atoms with Crippen LogP contribution in [0.3, 0.4) is 0 Å². The Kier molecular flexibility index (Phi) is 5.01. The molecule has 1 saturated heterocycles. The molecule has 1 aliphatic rings. The second kappa shape index (κ2) is 5.52. The smallest absolute Gasteiger partial charge is 0.460 e. The molecule has 0 aromatic carbocycles. The lowest BCUT2D eigenvalue weighted by atomic mass is 9.83. The first kappa shape index (κ1) is 17.2. The van der Waals surface area contributed by atoms with E-state index in [1.54, 1.807) is 0 Å². The van der Waals surface area contributed by atoms with Gasteiger partial charge >= 0.3 is 13.1 Å². The van der Waals surface area contributed by atoms with Crippen LogP contribution in [0.1, 0.15) is 54.9 Å². The highest BCUT2D eigenvalue weighted by atomic mass is 127. The summed E-state index contributed by atoms with van der Waals surface area (Å²) in [5, 5.41) is 0. The fraction of sp³-hybridized carbons (Fsp3) is 0.923. The summed E-state index contributed by atoms with van der Waals surface area (Å²) in [6.07, 6.45) is 0.286. The number of carbonyl (C=O) groups is 1. The Labute approximate surface area is 130 Å². The third kappa shape index (κ3) is 4.60. The van der Waals surface area contributed by atoms with E-state index < -0.39 is 5.60 Å². The van der Waals surface area contributed by atoms with Crippen LogP contribution in [0.2, 0.25) is 0 Å². The number of esters is 1. The van der Waals surface area contributed by atoms with Crippen LogP contribution in [0, 0.1) is 0 Å². The van der Waals surface area contributed by atoms with E-state index in [-0.39, 0.29) is 34.5 Å². The van der Waals surface area contributed by atoms with Gasteiger partial charge in [0, 0.05) is 0 Å². The maximum absolute atomic E-state index is 11.8. The summed E-state index contributed by atoms with van der Waals surface area (Å²) in [5.41, 5.74) is -1.19. The van der Waals surface area contributed by atoms with E-state index in [0.29, 0.717) is 0 Å². The van der Waals surface area contributed by atoms with E-state index in [1.807, 2.05) is 48.5 Å². The summed E-state index contributed by atoms with van der Waals surface area (Å²) in [6, 6.07) is 0. The lowest BCUT2D eigenvalue weighted by Crippen LogP contribution is -2.41. The average molecular weight is 382 g/mol. The average Bonchev–Trinajstić information content (AvgIpc) is 2.32. The molecule has 1 rings (SSSR count). The molecule has 1 atom stereocenters. The fourth-order valence-corrected chi connectivity index (χ4v) is 2.33. The molecule has 0 aromatic heterocycles. The standard InChI is InChI=1S/C13H24BIO4/c1-11(2,3)17-10(16)8-9(15)14-18-12(4,5)13(6,7)19-14/h9H,8H2,1-7H3. The highest BCUT2D eigenvalue weighted by Crippen LogP contribution is 2.39. The Morgan fingerprint density at radius 2 is 1.63 bits per heavy atom. The van der Waals surface area contributed by atoms with Crippen molar-refractivity contribution in [1.82, 2.24) is 0 Å². The van der Waals surface area contributed by atoms with Gasteiger partial charge in [-0.15, -0.1) is 0 Å². The van der Waals surface area contributed by atoms with Crippen molar-refractivity contribution in [2.45, 2.75) is 75.5 Å². The van der Waals surface area contributed by atoms with Crippen LogP contribution < -0.4 is 0 Å². The summed E-state index contributed by atoms with van der Waals surface area (Å²) in [7, 11) is -0.377. The molecule has 6 heteroatoms. The third-order valence-electron chi connectivity index (χ3n) is 3.35. The molecular formula is C13H24BIO4. The minimum atomic E-state index is -0.455. The fourth-order valence-electron chi connectivity index (χ4n) is 1.67. The molecule has 1 heterocycles. The van der Waals surface area contributed by atoms with Gasteiger partial charge in [0.25, 0.3) is 0 Å². The van der Waals surface area contributed by atoms with Gasteiger partial charge < -0.3 is 14.0 Å². The second-order valence-electron chi connectivity index (χ2n) is 6.93. The van der Waals surface area contributed by atoms with Crippen LogP contribution in [-0.4, -0.2) is 33.7 Å². The van der Waals surface area contributed by atoms with Crippen molar-refractivity contribution in [3.8, 4) is 0 Å². The van der Waals surface area contributed by atoms with Crippen LogP contribution in [0.5, 0.6) is 0 Å². The largest absolute Gasteiger partial charge is 0.472 e. The summed E-state index contributed by atoms with van der Waals surface area (Å²) in [4.78, 5) is 11.8. The molecule has 1 aliphatic heterocycles. The van der Waals surface area contributed by atoms with E-state index in [2.05, 4.69) is 22.6 Å². The molecule has 0 saturated carbocycles. The molecule has 0 amide bonds. The molecule has 0 aromatic rings. The maximum Gasteiger partial charge on any atom is 0.472 e. The molecule has 19 heavy (non-hydrogen) atoms. The van der Waals surface area contributed by atoms with Crippen molar-refractivity contribution in [3.63, 3.8) is 0 Å². The van der Waals surface area contributed by atoms with Gasteiger partial charge in [-0.3, -0.25) is 4.79 Å². The molecular weight excluding hydrogens is 358 g/mol. The molecule has 0 spiro atoms. The number of alkyl halides is 1. The molecule has 0 bridgehead atoms. The van der Waals surface area contributed by atoms with Crippen molar-refractivity contribution in [2.75, 3.05) is 0 Å². The highest BCUT2D eigenvalue weighted by molar-refractivity contribution is 14.1. The zero-order valence-corrected chi connectivity index (χ0v) is 15.0. The van der Waals surface area contributed by atoms with Crippen molar-refractivity contribution in [2.24, 2.45) is 0 Å². The number of rotatable bonds is 3. The van der Waals surface area contributed by atoms with Gasteiger partial charge in [0.1, 0.15) is 5.60 Å².